The van der Waals surface area contributed by atoms with Crippen molar-refractivity contribution in [2.45, 2.75) is 13.0 Å². The van der Waals surface area contributed by atoms with Crippen LogP contribution in [0.3, 0.4) is 0 Å². The summed E-state index contributed by atoms with van der Waals surface area (Å²) in [5, 5.41) is 3.76. The number of aryl methyl sites for hydroxylation is 1. The normalized spacial score (nSPS) is 17.4. The first-order valence-electron chi connectivity index (χ1n) is 8.75. The second-order valence-electron chi connectivity index (χ2n) is 6.78. The van der Waals surface area contributed by atoms with Crippen molar-refractivity contribution in [3.8, 4) is 0 Å². The summed E-state index contributed by atoms with van der Waals surface area (Å²) in [5.41, 5.74) is 10.4. The van der Waals surface area contributed by atoms with Gasteiger partial charge in [-0.1, -0.05) is 84.4 Å². The molecule has 1 atom stereocenters. The maximum Gasteiger partial charge on any atom is 0.0779 e. The van der Waals surface area contributed by atoms with Crippen molar-refractivity contribution in [3.63, 3.8) is 0 Å². The molecule has 0 saturated heterocycles. The fourth-order valence-electron chi connectivity index (χ4n) is 3.93. The molecular formula is C24H19N. The molecule has 0 fully saturated rings. The van der Waals surface area contributed by atoms with E-state index >= 15 is 0 Å². The van der Waals surface area contributed by atoms with Gasteiger partial charge in [0, 0.05) is 11.3 Å². The van der Waals surface area contributed by atoms with E-state index in [0.717, 1.165) is 0 Å². The van der Waals surface area contributed by atoms with Gasteiger partial charge in [-0.05, 0) is 40.8 Å². The van der Waals surface area contributed by atoms with E-state index in [9.17, 15) is 0 Å². The van der Waals surface area contributed by atoms with Gasteiger partial charge in [-0.2, -0.15) is 0 Å². The summed E-state index contributed by atoms with van der Waals surface area (Å²) in [7, 11) is 0. The number of fused-ring (bicyclic) bond motifs is 4. The monoisotopic (exact) mass is 321 g/mol. The molecule has 0 bridgehead atoms. The Morgan fingerprint density at radius 2 is 1.52 bits per heavy atom. The molecule has 1 unspecified atom stereocenters. The molecule has 3 aromatic rings. The van der Waals surface area contributed by atoms with Crippen LogP contribution < -0.4 is 5.32 Å². The minimum absolute atomic E-state index is 0.201. The molecule has 1 aliphatic carbocycles. The first-order chi connectivity index (χ1) is 12.3. The minimum atomic E-state index is 0.201. The van der Waals surface area contributed by atoms with Crippen LogP contribution in [0, 0.1) is 6.92 Å². The Hall–Kier alpha value is -3.06. The van der Waals surface area contributed by atoms with Crippen LogP contribution in [-0.2, 0) is 0 Å². The number of rotatable bonds is 1. The van der Waals surface area contributed by atoms with Gasteiger partial charge in [0.15, 0.2) is 0 Å². The third-order valence-corrected chi connectivity index (χ3v) is 5.19. The van der Waals surface area contributed by atoms with E-state index in [1.165, 1.54) is 44.7 Å². The predicted molar refractivity (Wildman–Crippen MR) is 105 cm³/mol. The van der Waals surface area contributed by atoms with Crippen molar-refractivity contribution in [1.82, 2.24) is 0 Å². The van der Waals surface area contributed by atoms with Crippen molar-refractivity contribution in [1.29, 1.82) is 0 Å². The lowest BCUT2D eigenvalue weighted by Gasteiger charge is -2.34. The van der Waals surface area contributed by atoms with E-state index in [0.29, 0.717) is 0 Å². The smallest absolute Gasteiger partial charge is 0.0779 e. The lowest BCUT2D eigenvalue weighted by Crippen LogP contribution is -2.22. The Bertz CT molecular complexity index is 1020. The highest BCUT2D eigenvalue weighted by Gasteiger charge is 2.30. The summed E-state index contributed by atoms with van der Waals surface area (Å²) in [4.78, 5) is 0. The van der Waals surface area contributed by atoms with Gasteiger partial charge < -0.3 is 5.32 Å². The zero-order valence-corrected chi connectivity index (χ0v) is 14.2. The molecule has 0 aromatic heterocycles. The third-order valence-electron chi connectivity index (χ3n) is 5.19. The second kappa shape index (κ2) is 5.49. The van der Waals surface area contributed by atoms with Crippen molar-refractivity contribution in [3.05, 3.63) is 112 Å². The third kappa shape index (κ3) is 2.24. The topological polar surface area (TPSA) is 12.0 Å². The molecule has 120 valence electrons. The van der Waals surface area contributed by atoms with Crippen LogP contribution >= 0.6 is 0 Å². The molecule has 1 nitrogen and oxygen atoms in total. The molecule has 3 aromatic carbocycles. The molecule has 0 spiro atoms. The number of benzene rings is 3. The van der Waals surface area contributed by atoms with E-state index in [-0.39, 0.29) is 6.04 Å². The fraction of sp³-hybridized carbons (Fsp3) is 0.0833. The summed E-state index contributed by atoms with van der Waals surface area (Å²) < 4.78 is 0. The molecule has 0 radical (unpaired) electrons. The van der Waals surface area contributed by atoms with Crippen LogP contribution in [0.5, 0.6) is 0 Å². The van der Waals surface area contributed by atoms with Gasteiger partial charge in [0.1, 0.15) is 0 Å². The lowest BCUT2D eigenvalue weighted by molar-refractivity contribution is 0.917. The molecular weight excluding hydrogens is 302 g/mol. The number of hydrogen-bond acceptors (Lipinski definition) is 1. The van der Waals surface area contributed by atoms with Crippen molar-refractivity contribution >= 4 is 17.3 Å². The van der Waals surface area contributed by atoms with Crippen molar-refractivity contribution in [2.24, 2.45) is 0 Å². The van der Waals surface area contributed by atoms with Crippen LogP contribution in [-0.4, -0.2) is 0 Å². The molecule has 2 aliphatic rings. The predicted octanol–water partition coefficient (Wildman–Crippen LogP) is 5.99. The van der Waals surface area contributed by atoms with Gasteiger partial charge >= 0.3 is 0 Å². The van der Waals surface area contributed by atoms with E-state index in [4.69, 9.17) is 0 Å². The van der Waals surface area contributed by atoms with Crippen LogP contribution in [0.25, 0.3) is 11.6 Å². The zero-order valence-electron chi connectivity index (χ0n) is 14.2. The molecule has 1 heteroatoms. The number of nitrogens with one attached hydrogen (secondary N) is 1. The highest BCUT2D eigenvalue weighted by molar-refractivity contribution is 5.94. The van der Waals surface area contributed by atoms with E-state index in [1.54, 1.807) is 0 Å². The molecule has 1 aliphatic heterocycles. The van der Waals surface area contributed by atoms with Crippen LogP contribution in [0.2, 0.25) is 0 Å². The summed E-state index contributed by atoms with van der Waals surface area (Å²) in [6.45, 7) is 2.14. The number of para-hydroxylation sites is 1. The quantitative estimate of drug-likeness (QED) is 0.580. The van der Waals surface area contributed by atoms with Crippen LogP contribution in [0.4, 0.5) is 5.69 Å². The van der Waals surface area contributed by atoms with E-state index < -0.39 is 0 Å². The Morgan fingerprint density at radius 3 is 2.40 bits per heavy atom. The van der Waals surface area contributed by atoms with Gasteiger partial charge in [0.05, 0.1) is 6.04 Å². The van der Waals surface area contributed by atoms with Gasteiger partial charge in [-0.25, -0.2) is 0 Å². The first kappa shape index (κ1) is 14.3. The van der Waals surface area contributed by atoms with Crippen LogP contribution in [0.15, 0.2) is 84.4 Å². The fourth-order valence-corrected chi connectivity index (χ4v) is 3.93. The molecule has 5 rings (SSSR count). The number of hydrogen-bond donors (Lipinski definition) is 1. The van der Waals surface area contributed by atoms with Gasteiger partial charge in [-0.3, -0.25) is 0 Å². The Morgan fingerprint density at radius 1 is 0.760 bits per heavy atom. The Labute approximate surface area is 148 Å². The van der Waals surface area contributed by atoms with Crippen molar-refractivity contribution < 1.29 is 0 Å². The minimum Gasteiger partial charge on any atom is -0.374 e. The largest absolute Gasteiger partial charge is 0.374 e. The Kier molecular flexibility index (Phi) is 3.14. The molecule has 0 saturated carbocycles. The summed E-state index contributed by atoms with van der Waals surface area (Å²) in [6, 6.07) is 26.4. The van der Waals surface area contributed by atoms with E-state index in [2.05, 4.69) is 97.2 Å². The maximum absolute atomic E-state index is 3.76. The average molecular weight is 321 g/mol. The Balaban J connectivity index is 1.80. The molecule has 25 heavy (non-hydrogen) atoms. The standard InChI is InChI=1S/C24H19N/c1-16-10-12-18(13-11-16)23-20-8-4-5-9-22(20)25-24-19-7-3-2-6-17(19)14-15-21(23)24/h2-15,24-25H,1H3. The maximum atomic E-state index is 3.76. The van der Waals surface area contributed by atoms with E-state index in [1.807, 2.05) is 0 Å². The highest BCUT2D eigenvalue weighted by Crippen LogP contribution is 2.46. The molecule has 1 heterocycles. The summed E-state index contributed by atoms with van der Waals surface area (Å²) in [5.74, 6) is 0. The van der Waals surface area contributed by atoms with Gasteiger partial charge in [-0.15, -0.1) is 0 Å². The van der Waals surface area contributed by atoms with Gasteiger partial charge in [0.25, 0.3) is 0 Å². The van der Waals surface area contributed by atoms with Crippen LogP contribution in [0.1, 0.15) is 33.9 Å². The SMILES string of the molecule is Cc1ccc(C2=C3C=Cc4ccccc4C3Nc3ccccc32)cc1. The molecule has 0 amide bonds. The number of anilines is 1. The van der Waals surface area contributed by atoms with Gasteiger partial charge in [0.2, 0.25) is 0 Å². The van der Waals surface area contributed by atoms with Crippen molar-refractivity contribution in [2.75, 3.05) is 5.32 Å². The summed E-state index contributed by atoms with van der Waals surface area (Å²) >= 11 is 0. The zero-order chi connectivity index (χ0) is 16.8. The lowest BCUT2D eigenvalue weighted by atomic mass is 9.79. The second-order valence-corrected chi connectivity index (χ2v) is 6.78. The first-order valence-corrected chi connectivity index (χ1v) is 8.75. The highest BCUT2D eigenvalue weighted by atomic mass is 14.9. The summed E-state index contributed by atoms with van der Waals surface area (Å²) in [6.07, 6.45) is 4.52. The average Bonchev–Trinajstić information content (AvgIpc) is 2.67. The molecule has 1 N–H and O–H groups in total.